The van der Waals surface area contributed by atoms with E-state index in [1.807, 2.05) is 0 Å². The number of hydrogen-bond donors (Lipinski definition) is 0. The molecule has 5 nitrogen and oxygen atoms in total. The molecule has 9 heteroatoms. The van der Waals surface area contributed by atoms with Crippen LogP contribution in [0.15, 0.2) is 0 Å². The molecule has 0 aromatic carbocycles. The van der Waals surface area contributed by atoms with Gasteiger partial charge in [-0.2, -0.15) is 13.2 Å². The third kappa shape index (κ3) is 3.46. The molecule has 2 bridgehead atoms. The van der Waals surface area contributed by atoms with Crippen LogP contribution in [-0.2, 0) is 24.0 Å². The number of ether oxygens (including phenoxy) is 3. The fourth-order valence-electron chi connectivity index (χ4n) is 6.09. The summed E-state index contributed by atoms with van der Waals surface area (Å²) in [5.74, 6) is -4.92. The van der Waals surface area contributed by atoms with Crippen LogP contribution in [0, 0.1) is 23.7 Å². The van der Waals surface area contributed by atoms with Crippen LogP contribution >= 0.6 is 15.9 Å². The quantitative estimate of drug-likeness (QED) is 0.265. The van der Waals surface area contributed by atoms with Crippen molar-refractivity contribution in [2.24, 2.45) is 23.7 Å². The normalized spacial score (nSPS) is 48.3. The molecule has 1 spiro atoms. The third-order valence-corrected chi connectivity index (χ3v) is 8.31. The number of fused-ring (bicyclic) bond motifs is 2. The van der Waals surface area contributed by atoms with Crippen molar-refractivity contribution in [2.45, 2.75) is 95.4 Å². The van der Waals surface area contributed by atoms with Gasteiger partial charge in [-0.25, -0.2) is 9.78 Å². The van der Waals surface area contributed by atoms with Gasteiger partial charge in [0.2, 0.25) is 5.79 Å². The summed E-state index contributed by atoms with van der Waals surface area (Å²) < 4.78 is 61.1. The number of hydrogen-bond acceptors (Lipinski definition) is 5. The van der Waals surface area contributed by atoms with E-state index in [9.17, 15) is 13.2 Å². The van der Waals surface area contributed by atoms with Crippen molar-refractivity contribution >= 4 is 15.9 Å². The molecule has 4 saturated heterocycles. The minimum atomic E-state index is -4.70. The maximum Gasteiger partial charge on any atom is 0.443 e. The van der Waals surface area contributed by atoms with E-state index in [0.717, 1.165) is 31.0 Å². The van der Waals surface area contributed by atoms with Gasteiger partial charge in [-0.15, -0.1) is 0 Å². The van der Waals surface area contributed by atoms with Gasteiger partial charge in [0, 0.05) is 23.6 Å². The Hall–Kier alpha value is 0.0700. The second-order valence-electron chi connectivity index (χ2n) is 9.58. The molecule has 0 amide bonds. The molecule has 0 aromatic heterocycles. The lowest BCUT2D eigenvalue weighted by Gasteiger charge is -2.62. The monoisotopic (exact) mass is 500 g/mol. The van der Waals surface area contributed by atoms with Gasteiger partial charge < -0.3 is 14.2 Å². The molecule has 5 rings (SSSR count). The average Bonchev–Trinajstić information content (AvgIpc) is 2.90. The fraction of sp³-hybridized carbons (Fsp3) is 1.00. The van der Waals surface area contributed by atoms with Crippen LogP contribution in [0.25, 0.3) is 0 Å². The predicted octanol–water partition coefficient (Wildman–Crippen LogP) is 5.71. The lowest BCUT2D eigenvalue weighted by atomic mass is 9.57. The zero-order valence-corrected chi connectivity index (χ0v) is 19.4. The van der Waals surface area contributed by atoms with E-state index in [-0.39, 0.29) is 18.4 Å². The Labute approximate surface area is 184 Å². The van der Waals surface area contributed by atoms with Crippen LogP contribution in [0.4, 0.5) is 13.2 Å². The van der Waals surface area contributed by atoms with Crippen molar-refractivity contribution in [3.63, 3.8) is 0 Å². The lowest BCUT2D eigenvalue weighted by Crippen LogP contribution is -2.76. The summed E-state index contributed by atoms with van der Waals surface area (Å²) >= 11 is 3.34. The third-order valence-electron chi connectivity index (χ3n) is 7.75. The smallest absolute Gasteiger partial charge is 0.342 e. The molecule has 4 heterocycles. The first-order valence-corrected chi connectivity index (χ1v) is 12.2. The highest BCUT2D eigenvalue weighted by Crippen LogP contribution is 2.64. The molecule has 8 atom stereocenters. The number of unbranched alkanes of at least 4 members (excludes halogenated alkanes) is 2. The Morgan fingerprint density at radius 3 is 2.47 bits per heavy atom. The zero-order valence-electron chi connectivity index (χ0n) is 17.8. The molecule has 1 saturated carbocycles. The van der Waals surface area contributed by atoms with Crippen LogP contribution in [0.1, 0.15) is 65.7 Å². The van der Waals surface area contributed by atoms with Crippen molar-refractivity contribution in [1.82, 2.24) is 0 Å². The second-order valence-corrected chi connectivity index (χ2v) is 10.4. The van der Waals surface area contributed by atoms with E-state index in [2.05, 4.69) is 22.9 Å². The summed E-state index contributed by atoms with van der Waals surface area (Å²) in [5.41, 5.74) is -1.04. The van der Waals surface area contributed by atoms with Gasteiger partial charge in [0.15, 0.2) is 11.9 Å². The van der Waals surface area contributed by atoms with E-state index in [1.165, 1.54) is 0 Å². The van der Waals surface area contributed by atoms with Gasteiger partial charge in [0.25, 0.3) is 5.79 Å². The van der Waals surface area contributed by atoms with Crippen LogP contribution in [0.5, 0.6) is 0 Å². The highest BCUT2D eigenvalue weighted by atomic mass is 79.9. The van der Waals surface area contributed by atoms with E-state index >= 15 is 0 Å². The topological polar surface area (TPSA) is 46.2 Å². The van der Waals surface area contributed by atoms with Gasteiger partial charge >= 0.3 is 6.18 Å². The van der Waals surface area contributed by atoms with Crippen molar-refractivity contribution in [3.05, 3.63) is 0 Å². The van der Waals surface area contributed by atoms with Gasteiger partial charge in [-0.1, -0.05) is 36.2 Å². The lowest BCUT2D eigenvalue weighted by molar-refractivity contribution is -0.598. The summed E-state index contributed by atoms with van der Waals surface area (Å²) in [6.45, 7) is 5.40. The molecule has 5 aliphatic rings. The molecule has 4 aliphatic heterocycles. The molecule has 0 N–H and O–H groups in total. The Morgan fingerprint density at radius 2 is 1.77 bits per heavy atom. The minimum Gasteiger partial charge on any atom is -0.342 e. The van der Waals surface area contributed by atoms with Crippen molar-refractivity contribution in [2.75, 3.05) is 11.9 Å². The largest absolute Gasteiger partial charge is 0.443 e. The summed E-state index contributed by atoms with van der Waals surface area (Å²) in [6, 6.07) is 0. The van der Waals surface area contributed by atoms with E-state index in [1.54, 1.807) is 13.8 Å². The predicted molar refractivity (Wildman–Crippen MR) is 105 cm³/mol. The fourth-order valence-corrected chi connectivity index (χ4v) is 6.48. The van der Waals surface area contributed by atoms with Gasteiger partial charge in [-0.3, -0.25) is 0 Å². The standard InChI is InChI=1S/C21H32BrF3O5/c1-13-7-8-16-14(2)20(21(23,24)25,26-12-6-4-5-11-22)28-17-19(16)15(13)9-10-18(3,27-17)29-30-19/h13-17H,4-12H2,1-3H3/t13-,14-,15?,16+,17+,18+,19-,20-/m1/s1. The summed E-state index contributed by atoms with van der Waals surface area (Å²) in [6.07, 6.45) is -0.910. The van der Waals surface area contributed by atoms with Crippen LogP contribution in [0.3, 0.4) is 0 Å². The highest BCUT2D eigenvalue weighted by Gasteiger charge is 2.77. The zero-order chi connectivity index (χ0) is 21.8. The molecule has 1 aliphatic carbocycles. The van der Waals surface area contributed by atoms with Crippen LogP contribution in [-0.4, -0.2) is 41.6 Å². The Bertz CT molecular complexity index is 636. The molecule has 5 fully saturated rings. The first-order chi connectivity index (χ1) is 14.1. The number of halogens is 4. The van der Waals surface area contributed by atoms with Crippen molar-refractivity contribution in [3.8, 4) is 0 Å². The summed E-state index contributed by atoms with van der Waals surface area (Å²) in [5, 5.41) is 0.820. The van der Waals surface area contributed by atoms with Gasteiger partial charge in [0.1, 0.15) is 0 Å². The van der Waals surface area contributed by atoms with Crippen molar-refractivity contribution in [1.29, 1.82) is 0 Å². The van der Waals surface area contributed by atoms with Crippen LogP contribution in [0.2, 0.25) is 0 Å². The molecular formula is C21H32BrF3O5. The summed E-state index contributed by atoms with van der Waals surface area (Å²) in [7, 11) is 0. The van der Waals surface area contributed by atoms with Crippen LogP contribution < -0.4 is 0 Å². The maximum atomic E-state index is 14.5. The molecular weight excluding hydrogens is 469 g/mol. The van der Waals surface area contributed by atoms with E-state index < -0.39 is 41.5 Å². The average molecular weight is 501 g/mol. The SMILES string of the molecule is C[C@@H]1CC[C@H]2[C@@H](C)[C@](OCCCCCBr)(C(F)(F)F)O[C@@H]3O[C@]4(C)CCC1[C@]32OO4. The van der Waals surface area contributed by atoms with E-state index in [0.29, 0.717) is 19.3 Å². The molecule has 1 unspecified atom stereocenters. The Kier molecular flexibility index (Phi) is 6.30. The molecule has 174 valence electrons. The van der Waals surface area contributed by atoms with Crippen molar-refractivity contribution < 1.29 is 37.2 Å². The number of alkyl halides is 4. The summed E-state index contributed by atoms with van der Waals surface area (Å²) in [4.78, 5) is 11.6. The Morgan fingerprint density at radius 1 is 1.00 bits per heavy atom. The highest BCUT2D eigenvalue weighted by molar-refractivity contribution is 9.09. The number of rotatable bonds is 6. The van der Waals surface area contributed by atoms with Gasteiger partial charge in [0.05, 0.1) is 6.61 Å². The van der Waals surface area contributed by atoms with E-state index in [4.69, 9.17) is 24.0 Å². The minimum absolute atomic E-state index is 0.0122. The molecule has 30 heavy (non-hydrogen) atoms. The first kappa shape index (κ1) is 23.2. The first-order valence-electron chi connectivity index (χ1n) is 11.1. The van der Waals surface area contributed by atoms with Gasteiger partial charge in [-0.05, 0) is 50.9 Å². The second kappa shape index (κ2) is 8.13. The molecule has 0 aromatic rings. The Balaban J connectivity index is 1.69. The molecule has 0 radical (unpaired) electrons. The maximum absolute atomic E-state index is 14.5.